The Bertz CT molecular complexity index is 906. The number of aryl methyl sites for hydroxylation is 1. The van der Waals surface area contributed by atoms with Crippen LogP contribution in [0.1, 0.15) is 44.7 Å². The van der Waals surface area contributed by atoms with Crippen molar-refractivity contribution in [2.75, 3.05) is 6.61 Å². The molecule has 0 atom stereocenters. The van der Waals surface area contributed by atoms with Crippen molar-refractivity contribution < 1.29 is 19.1 Å². The summed E-state index contributed by atoms with van der Waals surface area (Å²) in [6.07, 6.45) is 3.68. The van der Waals surface area contributed by atoms with Crippen molar-refractivity contribution in [3.8, 4) is 0 Å². The number of imidazole rings is 1. The highest BCUT2D eigenvalue weighted by Crippen LogP contribution is 2.20. The van der Waals surface area contributed by atoms with Crippen molar-refractivity contribution in [2.24, 2.45) is 0 Å². The predicted octanol–water partition coefficient (Wildman–Crippen LogP) is 2.81. The monoisotopic (exact) mass is 341 g/mol. The average molecular weight is 341 g/mol. The van der Waals surface area contributed by atoms with Crippen LogP contribution < -0.4 is 0 Å². The first-order chi connectivity index (χ1) is 12.0. The molecule has 25 heavy (non-hydrogen) atoms. The van der Waals surface area contributed by atoms with Gasteiger partial charge < -0.3 is 18.9 Å². The quantitative estimate of drug-likeness (QED) is 0.721. The highest BCUT2D eigenvalue weighted by molar-refractivity contribution is 5.98. The normalized spacial score (nSPS) is 10.8. The van der Waals surface area contributed by atoms with Crippen molar-refractivity contribution in [1.82, 2.24) is 14.4 Å². The molecule has 0 unspecified atom stereocenters. The van der Waals surface area contributed by atoms with Crippen LogP contribution in [0.15, 0.2) is 30.6 Å². The molecule has 7 nitrogen and oxygen atoms in total. The number of fused-ring (bicyclic) bond motifs is 1. The van der Waals surface area contributed by atoms with Gasteiger partial charge in [0, 0.05) is 18.1 Å². The Kier molecular flexibility index (Phi) is 4.56. The van der Waals surface area contributed by atoms with E-state index in [9.17, 15) is 9.59 Å². The largest absolute Gasteiger partial charge is 0.462 e. The Morgan fingerprint density at radius 3 is 2.72 bits per heavy atom. The number of nitrogens with one attached hydrogen (secondary N) is 1. The molecule has 0 bridgehead atoms. The second-order valence-corrected chi connectivity index (χ2v) is 5.62. The van der Waals surface area contributed by atoms with Crippen molar-refractivity contribution in [3.05, 3.63) is 58.8 Å². The van der Waals surface area contributed by atoms with E-state index in [1.165, 1.54) is 0 Å². The number of pyridine rings is 1. The van der Waals surface area contributed by atoms with Crippen LogP contribution >= 0.6 is 0 Å². The highest BCUT2D eigenvalue weighted by Gasteiger charge is 2.23. The Morgan fingerprint density at radius 1 is 1.20 bits per heavy atom. The summed E-state index contributed by atoms with van der Waals surface area (Å²) in [6.45, 7) is 5.47. The second kappa shape index (κ2) is 6.80. The maximum Gasteiger partial charge on any atom is 0.355 e. The van der Waals surface area contributed by atoms with Gasteiger partial charge in [-0.3, -0.25) is 0 Å². The van der Waals surface area contributed by atoms with Crippen LogP contribution in [0.25, 0.3) is 5.65 Å². The molecule has 7 heteroatoms. The van der Waals surface area contributed by atoms with Crippen LogP contribution in [0, 0.1) is 13.8 Å². The summed E-state index contributed by atoms with van der Waals surface area (Å²) >= 11 is 0. The molecular formula is C18H19N3O4. The van der Waals surface area contributed by atoms with Gasteiger partial charge in [-0.15, -0.1) is 0 Å². The van der Waals surface area contributed by atoms with E-state index in [2.05, 4.69) is 9.97 Å². The molecule has 1 N–H and O–H groups in total. The molecule has 0 saturated heterocycles. The Morgan fingerprint density at radius 2 is 2.00 bits per heavy atom. The Labute approximate surface area is 144 Å². The van der Waals surface area contributed by atoms with Crippen LogP contribution in [0.3, 0.4) is 0 Å². The molecule has 0 aliphatic rings. The van der Waals surface area contributed by atoms with E-state index in [0.717, 1.165) is 5.65 Å². The molecule has 130 valence electrons. The maximum atomic E-state index is 12.4. The molecule has 0 aliphatic carbocycles. The van der Waals surface area contributed by atoms with E-state index in [-0.39, 0.29) is 18.9 Å². The second-order valence-electron chi connectivity index (χ2n) is 5.62. The molecule has 0 amide bonds. The maximum absolute atomic E-state index is 12.4. The number of carbonyl (C=O) groups excluding carboxylic acids is 2. The first kappa shape index (κ1) is 16.8. The fourth-order valence-electron chi connectivity index (χ4n) is 2.73. The lowest BCUT2D eigenvalue weighted by Gasteiger charge is -2.03. The van der Waals surface area contributed by atoms with Gasteiger partial charge in [0.05, 0.1) is 17.9 Å². The van der Waals surface area contributed by atoms with Crippen LogP contribution in [-0.4, -0.2) is 32.9 Å². The lowest BCUT2D eigenvalue weighted by molar-refractivity contribution is 0.0461. The third kappa shape index (κ3) is 3.26. The summed E-state index contributed by atoms with van der Waals surface area (Å²) in [6, 6.07) is 5.65. The number of esters is 2. The first-order valence-electron chi connectivity index (χ1n) is 7.97. The lowest BCUT2D eigenvalue weighted by Crippen LogP contribution is -2.09. The number of aromatic nitrogens is 3. The van der Waals surface area contributed by atoms with Crippen molar-refractivity contribution in [1.29, 1.82) is 0 Å². The van der Waals surface area contributed by atoms with Gasteiger partial charge in [-0.05, 0) is 38.5 Å². The fourth-order valence-corrected chi connectivity index (χ4v) is 2.73. The van der Waals surface area contributed by atoms with Gasteiger partial charge in [0.2, 0.25) is 0 Å². The molecule has 0 radical (unpaired) electrons. The average Bonchev–Trinajstić information content (AvgIpc) is 3.13. The van der Waals surface area contributed by atoms with E-state index >= 15 is 0 Å². The van der Waals surface area contributed by atoms with Crippen molar-refractivity contribution >= 4 is 17.6 Å². The van der Waals surface area contributed by atoms with Crippen LogP contribution in [0.5, 0.6) is 0 Å². The number of rotatable bonds is 5. The summed E-state index contributed by atoms with van der Waals surface area (Å²) < 4.78 is 12.2. The molecule has 3 aromatic rings. The molecule has 3 aromatic heterocycles. The number of H-pyrrole nitrogens is 1. The minimum absolute atomic E-state index is 0.0484. The van der Waals surface area contributed by atoms with Gasteiger partial charge in [0.25, 0.3) is 0 Å². The zero-order valence-corrected chi connectivity index (χ0v) is 14.3. The molecule has 0 aliphatic heterocycles. The zero-order valence-electron chi connectivity index (χ0n) is 14.3. The summed E-state index contributed by atoms with van der Waals surface area (Å²) in [5.41, 5.74) is 3.16. The van der Waals surface area contributed by atoms with Gasteiger partial charge >= 0.3 is 11.9 Å². The minimum atomic E-state index is -0.534. The predicted molar refractivity (Wildman–Crippen MR) is 90.5 cm³/mol. The number of nitrogens with zero attached hydrogens (tertiary/aromatic N) is 2. The molecular weight excluding hydrogens is 322 g/mol. The summed E-state index contributed by atoms with van der Waals surface area (Å²) in [4.78, 5) is 31.6. The van der Waals surface area contributed by atoms with Gasteiger partial charge in [-0.1, -0.05) is 6.07 Å². The first-order valence-corrected chi connectivity index (χ1v) is 7.97. The fraction of sp³-hybridized carbons (Fsp3) is 0.278. The van der Waals surface area contributed by atoms with E-state index in [1.807, 2.05) is 28.8 Å². The number of aromatic amines is 1. The molecule has 0 aromatic carbocycles. The van der Waals surface area contributed by atoms with Crippen molar-refractivity contribution in [2.45, 2.75) is 27.4 Å². The highest BCUT2D eigenvalue weighted by atomic mass is 16.5. The van der Waals surface area contributed by atoms with Gasteiger partial charge in [-0.2, -0.15) is 0 Å². The third-order valence-electron chi connectivity index (χ3n) is 3.89. The smallest absolute Gasteiger partial charge is 0.355 e. The van der Waals surface area contributed by atoms with Crippen LogP contribution in [0.2, 0.25) is 0 Å². The lowest BCUT2D eigenvalue weighted by atomic mass is 10.1. The standard InChI is InChI=1S/C18H19N3O4/c1-4-24-17(22)15-11(2)16(19-12(15)3)18(23)25-10-13-9-21-8-6-5-7-14(21)20-13/h5-9,19H,4,10H2,1-3H3. The molecule has 0 spiro atoms. The summed E-state index contributed by atoms with van der Waals surface area (Å²) in [5, 5.41) is 0. The van der Waals surface area contributed by atoms with Crippen LogP contribution in [0.4, 0.5) is 0 Å². The number of carbonyl (C=O) groups is 2. The molecule has 0 saturated carbocycles. The van der Waals surface area contributed by atoms with E-state index in [0.29, 0.717) is 22.5 Å². The SMILES string of the molecule is CCOC(=O)c1c(C)[nH]c(C(=O)OCc2cn3ccccc3n2)c1C. The number of hydrogen-bond acceptors (Lipinski definition) is 5. The molecule has 0 fully saturated rings. The Balaban J connectivity index is 1.75. The zero-order chi connectivity index (χ0) is 18.0. The van der Waals surface area contributed by atoms with E-state index in [1.54, 1.807) is 27.0 Å². The topological polar surface area (TPSA) is 85.7 Å². The molecule has 3 rings (SSSR count). The summed E-state index contributed by atoms with van der Waals surface area (Å²) in [5.74, 6) is -0.985. The Hall–Kier alpha value is -3.09. The van der Waals surface area contributed by atoms with Crippen LogP contribution in [-0.2, 0) is 16.1 Å². The van der Waals surface area contributed by atoms with Gasteiger partial charge in [-0.25, -0.2) is 14.6 Å². The van der Waals surface area contributed by atoms with E-state index < -0.39 is 11.9 Å². The number of ether oxygens (including phenoxy) is 2. The molecule has 3 heterocycles. The number of hydrogen-bond donors (Lipinski definition) is 1. The van der Waals surface area contributed by atoms with Gasteiger partial charge in [0.1, 0.15) is 17.9 Å². The van der Waals surface area contributed by atoms with Crippen molar-refractivity contribution in [3.63, 3.8) is 0 Å². The summed E-state index contributed by atoms with van der Waals surface area (Å²) in [7, 11) is 0. The van der Waals surface area contributed by atoms with E-state index in [4.69, 9.17) is 9.47 Å². The van der Waals surface area contributed by atoms with Gasteiger partial charge in [0.15, 0.2) is 0 Å². The third-order valence-corrected chi connectivity index (χ3v) is 3.89. The minimum Gasteiger partial charge on any atom is -0.462 e.